The van der Waals surface area contributed by atoms with Gasteiger partial charge in [-0.15, -0.1) is 0 Å². The zero-order chi connectivity index (χ0) is 20.9. The minimum Gasteiger partial charge on any atom is -0.544 e. The van der Waals surface area contributed by atoms with Crippen molar-refractivity contribution >= 4 is 29.4 Å². The van der Waals surface area contributed by atoms with Gasteiger partial charge in [-0.05, 0) is 30.7 Å². The van der Waals surface area contributed by atoms with Gasteiger partial charge in [0.15, 0.2) is 0 Å². The molecule has 0 aromatic heterocycles. The van der Waals surface area contributed by atoms with Crippen LogP contribution < -0.4 is 10.4 Å². The van der Waals surface area contributed by atoms with Crippen LogP contribution in [0, 0.1) is 11.8 Å². The van der Waals surface area contributed by atoms with Crippen molar-refractivity contribution in [2.75, 3.05) is 0 Å². The van der Waals surface area contributed by atoms with Gasteiger partial charge in [0.2, 0.25) is 11.8 Å². The van der Waals surface area contributed by atoms with Crippen molar-refractivity contribution in [2.45, 2.75) is 25.0 Å². The van der Waals surface area contributed by atoms with E-state index in [1.54, 1.807) is 24.3 Å². The van der Waals surface area contributed by atoms with Crippen LogP contribution in [0.5, 0.6) is 5.75 Å². The smallest absolute Gasteiger partial charge is 0.240 e. The topological polar surface area (TPSA) is 114 Å². The first-order chi connectivity index (χ1) is 13.7. The van der Waals surface area contributed by atoms with Gasteiger partial charge in [0, 0.05) is 5.02 Å². The summed E-state index contributed by atoms with van der Waals surface area (Å²) >= 11 is 6.06. The molecule has 2 aromatic carbocycles. The molecule has 4 rings (SSSR count). The average Bonchev–Trinajstić information content (AvgIpc) is 3.14. The van der Waals surface area contributed by atoms with Gasteiger partial charge in [0.25, 0.3) is 0 Å². The Morgan fingerprint density at radius 2 is 1.90 bits per heavy atom. The number of carbonyl (C=O) groups excluding carboxylic acids is 3. The number of benzene rings is 2. The number of halogens is 1. The molecule has 4 atom stereocenters. The van der Waals surface area contributed by atoms with Crippen molar-refractivity contribution in [2.24, 2.45) is 11.8 Å². The van der Waals surface area contributed by atoms with Gasteiger partial charge in [-0.2, -0.15) is 0 Å². The van der Waals surface area contributed by atoms with Crippen LogP contribution in [0.15, 0.2) is 48.5 Å². The van der Waals surface area contributed by atoms with E-state index >= 15 is 0 Å². The van der Waals surface area contributed by atoms with Crippen molar-refractivity contribution < 1.29 is 29.9 Å². The zero-order valence-electron chi connectivity index (χ0n) is 15.5. The molecular weight excluding hydrogens is 396 g/mol. The predicted octanol–water partition coefficient (Wildman–Crippen LogP) is -0.0263. The van der Waals surface area contributed by atoms with E-state index in [1.807, 2.05) is 6.07 Å². The second-order valence-corrected chi connectivity index (χ2v) is 8.15. The molecular formula is C21H19ClN2O5. The Bertz CT molecular complexity index is 1010. The number of likely N-dealkylation sites (tertiary alicyclic amines) is 1. The minimum absolute atomic E-state index is 0.0584. The SMILES string of the molecule is C[C@]1(C(=O)[O-])[NH2+][C@@H](c2cc(Cl)ccc2O)[C@H]2C(=O)N(Cc3ccccc3)C(=O)[C@@H]21. The van der Waals surface area contributed by atoms with Gasteiger partial charge in [0.1, 0.15) is 35.1 Å². The number of hydrogen-bond acceptors (Lipinski definition) is 5. The van der Waals surface area contributed by atoms with E-state index in [0.717, 1.165) is 10.5 Å². The molecule has 7 nitrogen and oxygen atoms in total. The molecule has 2 heterocycles. The summed E-state index contributed by atoms with van der Waals surface area (Å²) in [6, 6.07) is 12.6. The maximum Gasteiger partial charge on any atom is 0.240 e. The fourth-order valence-electron chi connectivity index (χ4n) is 4.52. The Balaban J connectivity index is 1.78. The summed E-state index contributed by atoms with van der Waals surface area (Å²) in [5.41, 5.74) is -0.571. The Morgan fingerprint density at radius 3 is 2.55 bits per heavy atom. The Labute approximate surface area is 171 Å². The van der Waals surface area contributed by atoms with E-state index in [2.05, 4.69) is 0 Å². The Morgan fingerprint density at radius 1 is 1.21 bits per heavy atom. The number of aliphatic carboxylic acids is 1. The van der Waals surface area contributed by atoms with E-state index in [4.69, 9.17) is 11.6 Å². The molecule has 3 N–H and O–H groups in total. The molecule has 2 saturated heterocycles. The number of rotatable bonds is 4. The van der Waals surface area contributed by atoms with Crippen LogP contribution in [-0.2, 0) is 20.9 Å². The Hall–Kier alpha value is -2.90. The third-order valence-electron chi connectivity index (χ3n) is 5.97. The molecule has 0 saturated carbocycles. The summed E-state index contributed by atoms with van der Waals surface area (Å²) in [6.45, 7) is 1.45. The average molecular weight is 415 g/mol. The van der Waals surface area contributed by atoms with E-state index in [0.29, 0.717) is 10.6 Å². The quantitative estimate of drug-likeness (QED) is 0.682. The molecule has 2 amide bonds. The molecule has 29 heavy (non-hydrogen) atoms. The number of phenols is 1. The van der Waals surface area contributed by atoms with Crippen LogP contribution in [0.4, 0.5) is 0 Å². The standard InChI is InChI=1S/C21H19ClN2O5/c1-21(20(28)29)16-15(17(23-21)13-9-12(22)7-8-14(13)25)18(26)24(19(16)27)10-11-5-3-2-4-6-11/h2-9,15-17,23,25H,10H2,1H3,(H,28,29)/t15-,16+,17-,21-/m0/s1. The van der Waals surface area contributed by atoms with Gasteiger partial charge in [-0.1, -0.05) is 41.9 Å². The normalized spacial score (nSPS) is 28.6. The molecule has 0 aliphatic carbocycles. The number of imide groups is 1. The number of amides is 2. The molecule has 0 bridgehead atoms. The highest BCUT2D eigenvalue weighted by atomic mass is 35.5. The number of hydrogen-bond donors (Lipinski definition) is 2. The molecule has 0 unspecified atom stereocenters. The lowest BCUT2D eigenvalue weighted by Crippen LogP contribution is -2.98. The number of carboxylic acids is 1. The summed E-state index contributed by atoms with van der Waals surface area (Å²) in [7, 11) is 0. The summed E-state index contributed by atoms with van der Waals surface area (Å²) in [4.78, 5) is 39.5. The van der Waals surface area contributed by atoms with E-state index in [1.165, 1.54) is 30.4 Å². The van der Waals surface area contributed by atoms with Crippen molar-refractivity contribution in [3.63, 3.8) is 0 Å². The van der Waals surface area contributed by atoms with Crippen LogP contribution in [0.1, 0.15) is 24.1 Å². The van der Waals surface area contributed by atoms with Gasteiger partial charge < -0.3 is 20.3 Å². The number of quaternary nitrogens is 1. The van der Waals surface area contributed by atoms with E-state index in [-0.39, 0.29) is 12.3 Å². The molecule has 2 aromatic rings. The highest BCUT2D eigenvalue weighted by molar-refractivity contribution is 6.30. The van der Waals surface area contributed by atoms with Crippen molar-refractivity contribution in [1.82, 2.24) is 4.90 Å². The fourth-order valence-corrected chi connectivity index (χ4v) is 4.70. The predicted molar refractivity (Wildman–Crippen MR) is 100 cm³/mol. The van der Waals surface area contributed by atoms with Crippen molar-refractivity contribution in [3.05, 3.63) is 64.7 Å². The molecule has 0 radical (unpaired) electrons. The lowest BCUT2D eigenvalue weighted by atomic mass is 9.80. The van der Waals surface area contributed by atoms with Gasteiger partial charge in [-0.3, -0.25) is 14.5 Å². The number of carboxylic acid groups (broad SMARTS) is 1. The molecule has 2 aliphatic heterocycles. The van der Waals surface area contributed by atoms with Gasteiger partial charge in [0.05, 0.1) is 12.1 Å². The first-order valence-electron chi connectivity index (χ1n) is 9.19. The maximum absolute atomic E-state index is 13.2. The highest BCUT2D eigenvalue weighted by Gasteiger charge is 2.68. The van der Waals surface area contributed by atoms with Gasteiger partial charge >= 0.3 is 0 Å². The molecule has 150 valence electrons. The monoisotopic (exact) mass is 414 g/mol. The lowest BCUT2D eigenvalue weighted by Gasteiger charge is -2.29. The summed E-state index contributed by atoms with van der Waals surface area (Å²) < 4.78 is 0. The lowest BCUT2D eigenvalue weighted by molar-refractivity contribution is -0.735. The van der Waals surface area contributed by atoms with E-state index < -0.39 is 41.2 Å². The number of nitrogens with zero attached hydrogens (tertiary/aromatic N) is 1. The summed E-state index contributed by atoms with van der Waals surface area (Å²) in [6.07, 6.45) is 0. The van der Waals surface area contributed by atoms with Crippen LogP contribution >= 0.6 is 11.6 Å². The summed E-state index contributed by atoms with van der Waals surface area (Å²) in [5.74, 6) is -4.60. The minimum atomic E-state index is -1.65. The molecule has 2 fully saturated rings. The second kappa shape index (κ2) is 6.86. The zero-order valence-corrected chi connectivity index (χ0v) is 16.3. The van der Waals surface area contributed by atoms with Crippen LogP contribution in [-0.4, -0.2) is 33.3 Å². The van der Waals surface area contributed by atoms with Crippen LogP contribution in [0.3, 0.4) is 0 Å². The van der Waals surface area contributed by atoms with E-state index in [9.17, 15) is 24.6 Å². The Kier molecular flexibility index (Phi) is 4.59. The third-order valence-corrected chi connectivity index (χ3v) is 6.21. The van der Waals surface area contributed by atoms with Crippen LogP contribution in [0.25, 0.3) is 0 Å². The van der Waals surface area contributed by atoms with Crippen LogP contribution in [0.2, 0.25) is 5.02 Å². The number of nitrogens with two attached hydrogens (primary N) is 1. The highest BCUT2D eigenvalue weighted by Crippen LogP contribution is 2.46. The molecule has 8 heteroatoms. The number of phenolic OH excluding ortho intramolecular Hbond substituents is 1. The fraction of sp³-hybridized carbons (Fsp3) is 0.286. The second-order valence-electron chi connectivity index (χ2n) is 7.72. The number of fused-ring (bicyclic) bond motifs is 1. The first kappa shape index (κ1) is 19.4. The summed E-state index contributed by atoms with van der Waals surface area (Å²) in [5, 5.41) is 24.1. The largest absolute Gasteiger partial charge is 0.544 e. The van der Waals surface area contributed by atoms with Gasteiger partial charge in [-0.25, -0.2) is 0 Å². The molecule has 0 spiro atoms. The first-order valence-corrected chi connectivity index (χ1v) is 9.57. The molecule has 2 aliphatic rings. The van der Waals surface area contributed by atoms with Crippen molar-refractivity contribution in [1.29, 1.82) is 0 Å². The number of aromatic hydroxyl groups is 1. The van der Waals surface area contributed by atoms with Crippen molar-refractivity contribution in [3.8, 4) is 5.75 Å². The maximum atomic E-state index is 13.2. The number of carbonyl (C=O) groups is 3. The third kappa shape index (κ3) is 2.97.